The van der Waals surface area contributed by atoms with Gasteiger partial charge in [0, 0.05) is 19.3 Å². The highest BCUT2D eigenvalue weighted by Gasteiger charge is 2.37. The Morgan fingerprint density at radius 2 is 2.19 bits per heavy atom. The van der Waals surface area contributed by atoms with Crippen LogP contribution in [0.2, 0.25) is 0 Å². The number of aromatic nitrogens is 1. The maximum absolute atomic E-state index is 12.0. The second kappa shape index (κ2) is 6.56. The van der Waals surface area contributed by atoms with Crippen LogP contribution in [0.5, 0.6) is 0 Å². The lowest BCUT2D eigenvalue weighted by Crippen LogP contribution is -2.26. The number of rotatable bonds is 4. The molecule has 6 nitrogen and oxygen atoms in total. The zero-order chi connectivity index (χ0) is 15.4. The van der Waals surface area contributed by atoms with Crippen molar-refractivity contribution in [2.24, 2.45) is 11.8 Å². The highest BCUT2D eigenvalue weighted by molar-refractivity contribution is 5.95. The van der Waals surface area contributed by atoms with Gasteiger partial charge < -0.3 is 14.4 Å². The molecule has 21 heavy (non-hydrogen) atoms. The Labute approximate surface area is 124 Å². The fraction of sp³-hybridized carbons (Fsp3) is 0.533. The Morgan fingerprint density at radius 3 is 2.86 bits per heavy atom. The number of ether oxygens (including phenoxy) is 2. The predicted octanol–water partition coefficient (Wildman–Crippen LogP) is 1.50. The van der Waals surface area contributed by atoms with Crippen molar-refractivity contribution in [1.82, 2.24) is 4.98 Å². The quantitative estimate of drug-likeness (QED) is 0.783. The summed E-state index contributed by atoms with van der Waals surface area (Å²) in [6, 6.07) is 3.39. The normalized spacial score (nSPS) is 21.2. The van der Waals surface area contributed by atoms with Crippen molar-refractivity contribution in [2.45, 2.75) is 13.8 Å². The number of pyridine rings is 1. The van der Waals surface area contributed by atoms with Gasteiger partial charge in [0.1, 0.15) is 11.4 Å². The number of methoxy groups -OCH3 is 1. The molecule has 0 amide bonds. The molecule has 0 spiro atoms. The molecule has 2 rings (SSSR count). The van der Waals surface area contributed by atoms with Crippen molar-refractivity contribution >= 4 is 17.8 Å². The third kappa shape index (κ3) is 3.15. The molecular weight excluding hydrogens is 272 g/mol. The minimum absolute atomic E-state index is 0.148. The molecule has 0 saturated carbocycles. The van der Waals surface area contributed by atoms with E-state index in [1.807, 2.05) is 11.8 Å². The van der Waals surface area contributed by atoms with E-state index in [2.05, 4.69) is 4.98 Å². The number of hydrogen-bond acceptors (Lipinski definition) is 6. The van der Waals surface area contributed by atoms with Crippen LogP contribution < -0.4 is 4.90 Å². The van der Waals surface area contributed by atoms with E-state index in [-0.39, 0.29) is 17.8 Å². The molecule has 2 atom stereocenters. The maximum atomic E-state index is 12.0. The second-order valence-electron chi connectivity index (χ2n) is 5.11. The molecule has 0 N–H and O–H groups in total. The monoisotopic (exact) mass is 292 g/mol. The minimum atomic E-state index is -0.394. The molecule has 0 radical (unpaired) electrons. The van der Waals surface area contributed by atoms with E-state index >= 15 is 0 Å². The number of hydrogen-bond donors (Lipinski definition) is 0. The molecule has 6 heteroatoms. The summed E-state index contributed by atoms with van der Waals surface area (Å²) in [7, 11) is 1.39. The maximum Gasteiger partial charge on any atom is 0.341 e. The molecule has 1 fully saturated rings. The van der Waals surface area contributed by atoms with Crippen LogP contribution in [0.4, 0.5) is 5.82 Å². The van der Waals surface area contributed by atoms with Crippen LogP contribution in [0.3, 0.4) is 0 Å². The lowest BCUT2D eigenvalue weighted by molar-refractivity contribution is -0.145. The Balaban J connectivity index is 2.23. The first kappa shape index (κ1) is 15.3. The average Bonchev–Trinajstić information content (AvgIpc) is 2.88. The van der Waals surface area contributed by atoms with Crippen molar-refractivity contribution in [3.63, 3.8) is 0 Å². The molecule has 1 aromatic heterocycles. The molecule has 0 aliphatic carbocycles. The second-order valence-corrected chi connectivity index (χ2v) is 5.11. The summed E-state index contributed by atoms with van der Waals surface area (Å²) in [5.41, 5.74) is 0.428. The van der Waals surface area contributed by atoms with Crippen molar-refractivity contribution in [2.75, 3.05) is 31.7 Å². The molecule has 2 heterocycles. The van der Waals surface area contributed by atoms with Gasteiger partial charge in [0.2, 0.25) is 0 Å². The summed E-state index contributed by atoms with van der Waals surface area (Å²) in [5, 5.41) is 0. The fourth-order valence-corrected chi connectivity index (χ4v) is 2.62. The van der Waals surface area contributed by atoms with Gasteiger partial charge in [0.05, 0.1) is 19.6 Å². The third-order valence-electron chi connectivity index (χ3n) is 3.70. The highest BCUT2D eigenvalue weighted by Crippen LogP contribution is 2.29. The van der Waals surface area contributed by atoms with Crippen molar-refractivity contribution in [3.8, 4) is 0 Å². The molecule has 1 saturated heterocycles. The summed E-state index contributed by atoms with van der Waals surface area (Å²) in [4.78, 5) is 30.0. The van der Waals surface area contributed by atoms with Crippen LogP contribution in [0.15, 0.2) is 18.3 Å². The number of esters is 2. The third-order valence-corrected chi connectivity index (χ3v) is 3.70. The van der Waals surface area contributed by atoms with Crippen LogP contribution in [0.1, 0.15) is 24.2 Å². The summed E-state index contributed by atoms with van der Waals surface area (Å²) in [6.07, 6.45) is 1.63. The first-order valence-corrected chi connectivity index (χ1v) is 7.03. The van der Waals surface area contributed by atoms with Gasteiger partial charge in [-0.05, 0) is 25.0 Å². The SMILES string of the molecule is CCOC(=O)c1cccnc1N1CC(C)C(C(=O)OC)C1. The van der Waals surface area contributed by atoms with Gasteiger partial charge >= 0.3 is 11.9 Å². The van der Waals surface area contributed by atoms with Crippen LogP contribution in [0, 0.1) is 11.8 Å². The largest absolute Gasteiger partial charge is 0.469 e. The van der Waals surface area contributed by atoms with E-state index in [0.29, 0.717) is 31.1 Å². The lowest BCUT2D eigenvalue weighted by atomic mass is 9.99. The topological polar surface area (TPSA) is 68.7 Å². The Bertz CT molecular complexity index is 532. The summed E-state index contributed by atoms with van der Waals surface area (Å²) >= 11 is 0. The molecule has 1 aliphatic rings. The Kier molecular flexibility index (Phi) is 4.77. The molecule has 1 aliphatic heterocycles. The number of carbonyl (C=O) groups is 2. The van der Waals surface area contributed by atoms with Crippen molar-refractivity contribution < 1.29 is 19.1 Å². The van der Waals surface area contributed by atoms with E-state index in [1.54, 1.807) is 25.3 Å². The standard InChI is InChI=1S/C15H20N2O4/c1-4-21-15(19)11-6-5-7-16-13(11)17-8-10(2)12(9-17)14(18)20-3/h5-7,10,12H,4,8-9H2,1-3H3. The number of carbonyl (C=O) groups excluding carboxylic acids is 2. The van der Waals surface area contributed by atoms with Crippen LogP contribution >= 0.6 is 0 Å². The van der Waals surface area contributed by atoms with Gasteiger partial charge in [-0.15, -0.1) is 0 Å². The lowest BCUT2D eigenvalue weighted by Gasteiger charge is -2.19. The van der Waals surface area contributed by atoms with Gasteiger partial charge in [0.15, 0.2) is 0 Å². The molecule has 0 aromatic carbocycles. The Morgan fingerprint density at radius 1 is 1.43 bits per heavy atom. The molecule has 114 valence electrons. The highest BCUT2D eigenvalue weighted by atomic mass is 16.5. The molecule has 1 aromatic rings. The van der Waals surface area contributed by atoms with E-state index in [0.717, 1.165) is 0 Å². The van der Waals surface area contributed by atoms with Crippen LogP contribution in [-0.4, -0.2) is 43.7 Å². The molecule has 2 unspecified atom stereocenters. The number of anilines is 1. The van der Waals surface area contributed by atoms with Gasteiger partial charge in [0.25, 0.3) is 0 Å². The summed E-state index contributed by atoms with van der Waals surface area (Å²) in [5.74, 6) is -0.107. The fourth-order valence-electron chi connectivity index (χ4n) is 2.62. The first-order valence-electron chi connectivity index (χ1n) is 7.03. The zero-order valence-corrected chi connectivity index (χ0v) is 12.5. The van der Waals surface area contributed by atoms with Crippen molar-refractivity contribution in [1.29, 1.82) is 0 Å². The van der Waals surface area contributed by atoms with Gasteiger partial charge in [-0.25, -0.2) is 9.78 Å². The number of nitrogens with zero attached hydrogens (tertiary/aromatic N) is 2. The van der Waals surface area contributed by atoms with Crippen molar-refractivity contribution in [3.05, 3.63) is 23.9 Å². The average molecular weight is 292 g/mol. The van der Waals surface area contributed by atoms with Gasteiger partial charge in [-0.2, -0.15) is 0 Å². The first-order chi connectivity index (χ1) is 10.1. The molecule has 0 bridgehead atoms. The van der Waals surface area contributed by atoms with Gasteiger partial charge in [-0.3, -0.25) is 4.79 Å². The van der Waals surface area contributed by atoms with E-state index in [9.17, 15) is 9.59 Å². The van der Waals surface area contributed by atoms with Crippen LogP contribution in [-0.2, 0) is 14.3 Å². The van der Waals surface area contributed by atoms with Gasteiger partial charge in [-0.1, -0.05) is 6.92 Å². The Hall–Kier alpha value is -2.11. The minimum Gasteiger partial charge on any atom is -0.469 e. The van der Waals surface area contributed by atoms with Crippen LogP contribution in [0.25, 0.3) is 0 Å². The van der Waals surface area contributed by atoms with E-state index in [4.69, 9.17) is 9.47 Å². The summed E-state index contributed by atoms with van der Waals surface area (Å²) < 4.78 is 9.88. The molecular formula is C15H20N2O4. The summed E-state index contributed by atoms with van der Waals surface area (Å²) in [6.45, 7) is 5.22. The zero-order valence-electron chi connectivity index (χ0n) is 12.5. The predicted molar refractivity (Wildman–Crippen MR) is 77.1 cm³/mol. The van der Waals surface area contributed by atoms with E-state index < -0.39 is 5.97 Å². The van der Waals surface area contributed by atoms with E-state index in [1.165, 1.54) is 7.11 Å². The smallest absolute Gasteiger partial charge is 0.341 e.